The molecule has 0 spiro atoms. The van der Waals surface area contributed by atoms with Crippen LogP contribution >= 0.6 is 0 Å². The lowest BCUT2D eigenvalue weighted by Crippen LogP contribution is -2.48. The van der Waals surface area contributed by atoms with Gasteiger partial charge >= 0.3 is 0 Å². The average molecular weight is 385 g/mol. The first-order chi connectivity index (χ1) is 13.5. The van der Waals surface area contributed by atoms with E-state index in [-0.39, 0.29) is 30.3 Å². The zero-order valence-corrected chi connectivity index (χ0v) is 15.6. The van der Waals surface area contributed by atoms with E-state index in [4.69, 9.17) is 0 Å². The monoisotopic (exact) mass is 385 g/mol. The van der Waals surface area contributed by atoms with E-state index in [1.807, 2.05) is 11.0 Å². The molecule has 0 radical (unpaired) electrons. The lowest BCUT2D eigenvalue weighted by molar-refractivity contribution is -0.134. The van der Waals surface area contributed by atoms with E-state index in [0.717, 1.165) is 6.42 Å². The second-order valence-electron chi connectivity index (χ2n) is 7.79. The Labute approximate surface area is 161 Å². The maximum Gasteiger partial charge on any atom is 0.259 e. The number of rotatable bonds is 1. The summed E-state index contributed by atoms with van der Waals surface area (Å²) in [5.41, 5.74) is 0.881. The van der Waals surface area contributed by atoms with Crippen molar-refractivity contribution in [3.63, 3.8) is 0 Å². The van der Waals surface area contributed by atoms with Crippen molar-refractivity contribution in [1.82, 2.24) is 24.4 Å². The van der Waals surface area contributed by atoms with Crippen LogP contribution < -0.4 is 10.6 Å². The Bertz CT molecular complexity index is 958. The molecular formula is C18H23N7O3. The minimum absolute atomic E-state index is 0.0647. The lowest BCUT2D eigenvalue weighted by atomic mass is 10.0. The number of fused-ring (bicyclic) bond motifs is 5. The number of nitrogens with one attached hydrogen (secondary N) is 2. The van der Waals surface area contributed by atoms with Gasteiger partial charge in [-0.3, -0.25) is 9.59 Å². The minimum Gasteiger partial charge on any atom is -0.391 e. The Morgan fingerprint density at radius 3 is 2.86 bits per heavy atom. The number of aliphatic hydroxyl groups is 1. The molecule has 3 aliphatic heterocycles. The number of nitrogens with zero attached hydrogens (tertiary/aromatic N) is 5. The molecule has 5 rings (SSSR count). The zero-order chi connectivity index (χ0) is 19.4. The number of carbonyl (C=O) groups excluding carboxylic acids is 2. The number of hydrogen-bond donors (Lipinski definition) is 3. The minimum atomic E-state index is -0.647. The number of aromatic nitrogens is 3. The average Bonchev–Trinajstić information content (AvgIpc) is 3.26. The van der Waals surface area contributed by atoms with Crippen molar-refractivity contribution in [1.29, 1.82) is 0 Å². The topological polar surface area (TPSA) is 115 Å². The van der Waals surface area contributed by atoms with Crippen LogP contribution in [0, 0.1) is 5.92 Å². The first kappa shape index (κ1) is 17.2. The SMILES string of the molecule is CNc1cc2nc3c(cnn13)C(=O)N1C[C@H](CN3CC(CCC3=O)N2)[C@H](O)C1. The summed E-state index contributed by atoms with van der Waals surface area (Å²) < 4.78 is 1.61. The second kappa shape index (κ2) is 6.33. The molecule has 10 nitrogen and oxygen atoms in total. The molecule has 0 aromatic carbocycles. The van der Waals surface area contributed by atoms with Crippen molar-refractivity contribution in [2.24, 2.45) is 5.92 Å². The van der Waals surface area contributed by atoms with E-state index < -0.39 is 6.10 Å². The van der Waals surface area contributed by atoms with Gasteiger partial charge in [0.05, 0.1) is 12.3 Å². The highest BCUT2D eigenvalue weighted by molar-refractivity contribution is 6.00. The van der Waals surface area contributed by atoms with Crippen LogP contribution in [0.4, 0.5) is 11.6 Å². The Kier molecular flexibility index (Phi) is 3.90. The van der Waals surface area contributed by atoms with Crippen molar-refractivity contribution < 1.29 is 14.7 Å². The van der Waals surface area contributed by atoms with Crippen LogP contribution in [0.2, 0.25) is 0 Å². The molecule has 6 bridgehead atoms. The molecule has 5 heterocycles. The van der Waals surface area contributed by atoms with Crippen LogP contribution in [0.1, 0.15) is 23.2 Å². The van der Waals surface area contributed by atoms with Gasteiger partial charge in [0.1, 0.15) is 17.2 Å². The van der Waals surface area contributed by atoms with Gasteiger partial charge in [-0.1, -0.05) is 0 Å². The smallest absolute Gasteiger partial charge is 0.259 e. The van der Waals surface area contributed by atoms with Gasteiger partial charge in [0, 0.05) is 57.7 Å². The summed E-state index contributed by atoms with van der Waals surface area (Å²) in [4.78, 5) is 33.6. The van der Waals surface area contributed by atoms with Gasteiger partial charge < -0.3 is 25.5 Å². The van der Waals surface area contributed by atoms with Crippen LogP contribution in [0.5, 0.6) is 0 Å². The number of piperidine rings is 1. The van der Waals surface area contributed by atoms with E-state index in [0.29, 0.717) is 48.9 Å². The third-order valence-corrected chi connectivity index (χ3v) is 5.96. The first-order valence-corrected chi connectivity index (χ1v) is 9.61. The molecule has 1 unspecified atom stereocenters. The summed E-state index contributed by atoms with van der Waals surface area (Å²) in [5, 5.41) is 21.3. The van der Waals surface area contributed by atoms with Gasteiger partial charge in [0.15, 0.2) is 5.65 Å². The quantitative estimate of drug-likeness (QED) is 0.613. The normalized spacial score (nSPS) is 27.4. The number of hydrogen-bond acceptors (Lipinski definition) is 7. The largest absolute Gasteiger partial charge is 0.391 e. The van der Waals surface area contributed by atoms with Gasteiger partial charge in [0.25, 0.3) is 5.91 Å². The van der Waals surface area contributed by atoms with Gasteiger partial charge in [-0.25, -0.2) is 4.98 Å². The van der Waals surface area contributed by atoms with Crippen molar-refractivity contribution >= 4 is 29.1 Å². The third-order valence-electron chi connectivity index (χ3n) is 5.96. The highest BCUT2D eigenvalue weighted by Crippen LogP contribution is 2.27. The maximum absolute atomic E-state index is 13.1. The van der Waals surface area contributed by atoms with Crippen LogP contribution in [0.3, 0.4) is 0 Å². The van der Waals surface area contributed by atoms with E-state index >= 15 is 0 Å². The van der Waals surface area contributed by atoms with Crippen LogP contribution in [-0.4, -0.2) is 86.7 Å². The standard InChI is InChI=1S/C18H23N7O3/c1-19-15-4-14-21-11-2-3-16(27)23(8-11)6-10-7-24(9-13(10)26)18(28)12-5-20-25(15)17(12)22-14/h4-5,10-11,13,19,26H,2-3,6-9H2,1H3,(H,21,22)/t10-,11?,13+/m0/s1. The molecule has 10 heteroatoms. The molecule has 2 aromatic heterocycles. The molecule has 3 N–H and O–H groups in total. The summed E-state index contributed by atoms with van der Waals surface area (Å²) in [6.07, 6.45) is 2.07. The second-order valence-corrected chi connectivity index (χ2v) is 7.79. The van der Waals surface area contributed by atoms with Gasteiger partial charge in [-0.15, -0.1) is 0 Å². The third kappa shape index (κ3) is 2.67. The van der Waals surface area contributed by atoms with Crippen molar-refractivity contribution in [3.05, 3.63) is 17.8 Å². The Morgan fingerprint density at radius 2 is 2.04 bits per heavy atom. The fourth-order valence-corrected chi connectivity index (χ4v) is 4.44. The van der Waals surface area contributed by atoms with Crippen molar-refractivity contribution in [3.8, 4) is 0 Å². The number of carbonyl (C=O) groups is 2. The first-order valence-electron chi connectivity index (χ1n) is 9.61. The highest BCUT2D eigenvalue weighted by atomic mass is 16.3. The Morgan fingerprint density at radius 1 is 1.21 bits per heavy atom. The number of aliphatic hydroxyl groups excluding tert-OH is 1. The lowest BCUT2D eigenvalue weighted by Gasteiger charge is -2.35. The summed E-state index contributed by atoms with van der Waals surface area (Å²) in [5.74, 6) is 1.10. The van der Waals surface area contributed by atoms with E-state index in [1.165, 1.54) is 6.20 Å². The molecular weight excluding hydrogens is 362 g/mol. The highest BCUT2D eigenvalue weighted by Gasteiger charge is 2.38. The molecule has 0 aliphatic carbocycles. The van der Waals surface area contributed by atoms with E-state index in [1.54, 1.807) is 16.5 Å². The predicted octanol–water partition coefficient (Wildman–Crippen LogP) is -0.380. The molecule has 28 heavy (non-hydrogen) atoms. The molecule has 3 aliphatic rings. The summed E-state index contributed by atoms with van der Waals surface area (Å²) in [6.45, 7) is 1.68. The number of anilines is 2. The molecule has 2 aromatic rings. The summed E-state index contributed by atoms with van der Waals surface area (Å²) >= 11 is 0. The molecule has 2 amide bonds. The molecule has 2 saturated heterocycles. The Balaban J connectivity index is 1.63. The molecule has 2 fully saturated rings. The van der Waals surface area contributed by atoms with Crippen LogP contribution in [0.25, 0.3) is 5.65 Å². The maximum atomic E-state index is 13.1. The van der Waals surface area contributed by atoms with Crippen molar-refractivity contribution in [2.75, 3.05) is 43.9 Å². The molecule has 3 atom stereocenters. The van der Waals surface area contributed by atoms with E-state index in [9.17, 15) is 14.7 Å². The summed E-state index contributed by atoms with van der Waals surface area (Å²) in [6, 6.07) is 1.92. The molecule has 148 valence electrons. The Hall–Kier alpha value is -2.88. The predicted molar refractivity (Wildman–Crippen MR) is 101 cm³/mol. The van der Waals surface area contributed by atoms with Crippen LogP contribution in [0.15, 0.2) is 12.3 Å². The van der Waals surface area contributed by atoms with Crippen molar-refractivity contribution in [2.45, 2.75) is 25.0 Å². The number of amides is 2. The fraction of sp³-hybridized carbons (Fsp3) is 0.556. The van der Waals surface area contributed by atoms with E-state index in [2.05, 4.69) is 20.7 Å². The van der Waals surface area contributed by atoms with Crippen LogP contribution in [-0.2, 0) is 4.79 Å². The van der Waals surface area contributed by atoms with Gasteiger partial charge in [0.2, 0.25) is 5.91 Å². The van der Waals surface area contributed by atoms with Gasteiger partial charge in [-0.2, -0.15) is 9.61 Å². The summed E-state index contributed by atoms with van der Waals surface area (Å²) in [7, 11) is 1.79. The zero-order valence-electron chi connectivity index (χ0n) is 15.6. The van der Waals surface area contributed by atoms with Gasteiger partial charge in [-0.05, 0) is 6.42 Å². The fourth-order valence-electron chi connectivity index (χ4n) is 4.44. The molecule has 0 saturated carbocycles.